The molecule has 0 aliphatic carbocycles. The van der Waals surface area contributed by atoms with Crippen LogP contribution in [0.25, 0.3) is 22.3 Å². The molecule has 6 rings (SSSR count). The highest BCUT2D eigenvalue weighted by Gasteiger charge is 2.33. The number of carbonyl (C=O) groups excluding carboxylic acids is 3. The predicted octanol–water partition coefficient (Wildman–Crippen LogP) is 8.90. The molecule has 0 heterocycles. The van der Waals surface area contributed by atoms with Gasteiger partial charge in [-0.3, -0.25) is 14.4 Å². The normalized spacial score (nSPS) is 10.9. The summed E-state index contributed by atoms with van der Waals surface area (Å²) in [6.07, 6.45) is -0.0301. The maximum atomic E-state index is 13.9. The maximum Gasteiger partial charge on any atom is 0.193 e. The molecule has 5 N–H and O–H groups in total. The van der Waals surface area contributed by atoms with Gasteiger partial charge < -0.3 is 30.3 Å². The van der Waals surface area contributed by atoms with Crippen LogP contribution in [-0.4, -0.2) is 50.0 Å². The summed E-state index contributed by atoms with van der Waals surface area (Å²) in [5, 5.41) is 59.5. The van der Waals surface area contributed by atoms with Crippen molar-refractivity contribution in [1.82, 2.24) is 0 Å². The Hall–Kier alpha value is -6.87. The van der Waals surface area contributed by atoms with Crippen LogP contribution in [0.2, 0.25) is 0 Å². The van der Waals surface area contributed by atoms with Crippen molar-refractivity contribution in [2.24, 2.45) is 0 Å². The van der Waals surface area contributed by atoms with Crippen LogP contribution in [-0.2, 0) is 6.42 Å². The number of hydrogen-bond acceptors (Lipinski definition) is 9. The third kappa shape index (κ3) is 6.52. The number of benzene rings is 6. The van der Waals surface area contributed by atoms with E-state index in [1.54, 1.807) is 104 Å². The van der Waals surface area contributed by atoms with Crippen molar-refractivity contribution in [2.75, 3.05) is 7.11 Å². The van der Waals surface area contributed by atoms with E-state index < -0.39 is 52.5 Å². The molecule has 0 spiro atoms. The molecule has 272 valence electrons. The first-order chi connectivity index (χ1) is 26.0. The average Bonchev–Trinajstić information content (AvgIpc) is 3.19. The highest BCUT2D eigenvalue weighted by molar-refractivity contribution is 6.16. The van der Waals surface area contributed by atoms with E-state index in [4.69, 9.17) is 4.74 Å². The van der Waals surface area contributed by atoms with Gasteiger partial charge in [-0.05, 0) is 13.3 Å². The summed E-state index contributed by atoms with van der Waals surface area (Å²) in [4.78, 5) is 41.2. The number of methoxy groups -OCH3 is 1. The number of hydrogen-bond donors (Lipinski definition) is 5. The van der Waals surface area contributed by atoms with Crippen molar-refractivity contribution in [3.05, 3.63) is 154 Å². The van der Waals surface area contributed by atoms with E-state index in [0.29, 0.717) is 17.5 Å². The maximum absolute atomic E-state index is 13.9. The smallest absolute Gasteiger partial charge is 0.193 e. The van der Waals surface area contributed by atoms with Gasteiger partial charge >= 0.3 is 0 Å². The molecule has 0 aromatic heterocycles. The molecule has 6 aromatic rings. The van der Waals surface area contributed by atoms with E-state index in [0.717, 1.165) is 0 Å². The summed E-state index contributed by atoms with van der Waals surface area (Å²) in [6, 6.07) is 29.5. The van der Waals surface area contributed by atoms with Gasteiger partial charge in [0.1, 0.15) is 40.1 Å². The zero-order chi connectivity index (χ0) is 38.7. The monoisotopic (exact) mass is 722 g/mol. The number of phenols is 5. The van der Waals surface area contributed by atoms with Crippen molar-refractivity contribution < 1.29 is 44.7 Å². The molecule has 0 fully saturated rings. The molecule has 0 bridgehead atoms. The zero-order valence-corrected chi connectivity index (χ0v) is 29.9. The van der Waals surface area contributed by atoms with Crippen LogP contribution < -0.4 is 4.74 Å². The first kappa shape index (κ1) is 36.9. The molecule has 9 heteroatoms. The summed E-state index contributed by atoms with van der Waals surface area (Å²) in [5.74, 6) is -4.32. The van der Waals surface area contributed by atoms with E-state index in [-0.39, 0.29) is 67.8 Å². The predicted molar refractivity (Wildman–Crippen MR) is 205 cm³/mol. The fraction of sp³-hybridized carbons (Fsp3) is 0.133. The van der Waals surface area contributed by atoms with Gasteiger partial charge in [0.05, 0.1) is 18.2 Å². The topological polar surface area (TPSA) is 162 Å². The number of carbonyl (C=O) groups is 3. The number of ketones is 3. The van der Waals surface area contributed by atoms with Gasteiger partial charge in [-0.15, -0.1) is 0 Å². The molecule has 0 amide bonds. The Bertz CT molecular complexity index is 2290. The van der Waals surface area contributed by atoms with E-state index in [1.807, 2.05) is 0 Å². The minimum Gasteiger partial charge on any atom is -0.507 e. The minimum atomic E-state index is -0.664. The number of Topliss-reactive ketones (excluding diaryl/α,β-unsaturated/α-hetero) is 1. The number of rotatable bonds is 12. The Morgan fingerprint density at radius 1 is 0.556 bits per heavy atom. The Morgan fingerprint density at radius 3 is 1.43 bits per heavy atom. The molecular formula is C45H38O9. The van der Waals surface area contributed by atoms with Gasteiger partial charge in [0.15, 0.2) is 17.3 Å². The molecule has 54 heavy (non-hydrogen) atoms. The second-order valence-corrected chi connectivity index (χ2v) is 12.8. The molecule has 0 radical (unpaired) electrons. The van der Waals surface area contributed by atoms with Crippen LogP contribution in [0.3, 0.4) is 0 Å². The molecule has 0 saturated heterocycles. The van der Waals surface area contributed by atoms with Gasteiger partial charge in [0, 0.05) is 62.9 Å². The van der Waals surface area contributed by atoms with Crippen LogP contribution in [0, 0.1) is 6.92 Å². The fourth-order valence-electron chi connectivity index (χ4n) is 6.83. The second kappa shape index (κ2) is 15.4. The second-order valence-electron chi connectivity index (χ2n) is 12.8. The van der Waals surface area contributed by atoms with E-state index in [1.165, 1.54) is 26.2 Å². The summed E-state index contributed by atoms with van der Waals surface area (Å²) in [7, 11) is 1.31. The lowest BCUT2D eigenvalue weighted by Crippen LogP contribution is -2.08. The lowest BCUT2D eigenvalue weighted by molar-refractivity contribution is 0.0973. The van der Waals surface area contributed by atoms with Crippen molar-refractivity contribution in [2.45, 2.75) is 33.1 Å². The molecular weight excluding hydrogens is 684 g/mol. The lowest BCUT2D eigenvalue weighted by atomic mass is 9.84. The first-order valence-electron chi connectivity index (χ1n) is 17.3. The van der Waals surface area contributed by atoms with E-state index >= 15 is 0 Å². The molecule has 0 atom stereocenters. The van der Waals surface area contributed by atoms with Gasteiger partial charge in [0.25, 0.3) is 0 Å². The molecule has 6 aromatic carbocycles. The van der Waals surface area contributed by atoms with Crippen LogP contribution in [0.4, 0.5) is 0 Å². The molecule has 0 aliphatic rings. The Kier molecular flexibility index (Phi) is 10.5. The number of ether oxygens (including phenoxy) is 1. The van der Waals surface area contributed by atoms with Crippen LogP contribution in [0.1, 0.15) is 78.7 Å². The third-order valence-corrected chi connectivity index (χ3v) is 9.52. The summed E-state index contributed by atoms with van der Waals surface area (Å²) < 4.78 is 5.44. The Labute approximate surface area is 312 Å². The average molecular weight is 723 g/mol. The zero-order valence-electron chi connectivity index (χ0n) is 29.9. The van der Waals surface area contributed by atoms with E-state index in [9.17, 15) is 39.9 Å². The summed E-state index contributed by atoms with van der Waals surface area (Å²) in [6.45, 7) is 3.30. The highest BCUT2D eigenvalue weighted by Crippen LogP contribution is 2.55. The molecule has 0 saturated carbocycles. The quantitative estimate of drug-likeness (QED) is 0.0777. The Morgan fingerprint density at radius 2 is 0.981 bits per heavy atom. The SMILES string of the molecule is CCCC(=O)c1c(O)c(Cc2c(O)c(-c3ccccc3C(=O)c3ccccc3)c(O)c(-c3ccccc3C(=O)c3ccccc3)c2O)c(O)c(C)c1OC. The molecule has 9 nitrogen and oxygen atoms in total. The van der Waals surface area contributed by atoms with Gasteiger partial charge in [0.2, 0.25) is 0 Å². The first-order valence-corrected chi connectivity index (χ1v) is 17.3. The minimum absolute atomic E-state index is 0.0190. The number of aromatic hydroxyl groups is 5. The van der Waals surface area contributed by atoms with Crippen LogP contribution in [0.15, 0.2) is 109 Å². The van der Waals surface area contributed by atoms with Crippen molar-refractivity contribution >= 4 is 17.3 Å². The van der Waals surface area contributed by atoms with Gasteiger partial charge in [-0.25, -0.2) is 0 Å². The number of phenolic OH excluding ortho intramolecular Hbond substituents is 5. The van der Waals surface area contributed by atoms with E-state index in [2.05, 4.69) is 0 Å². The standard InChI is InChI=1S/C45H38O9/c1-4-15-34(46)37-43(52)32(38(47)25(2)45(37)54-3)24-33-41(50)35(28-20-11-13-22-30(28)39(48)26-16-7-5-8-17-26)44(53)36(42(33)51)29-21-12-14-23-31(29)40(49)27-18-9-6-10-19-27/h5-14,16-23,47,50-53H,4,15,24H2,1-3H3. The summed E-state index contributed by atoms with van der Waals surface area (Å²) in [5.41, 5.74) is 0.132. The summed E-state index contributed by atoms with van der Waals surface area (Å²) >= 11 is 0. The third-order valence-electron chi connectivity index (χ3n) is 9.52. The van der Waals surface area contributed by atoms with Crippen molar-refractivity contribution in [3.8, 4) is 56.8 Å². The Balaban J connectivity index is 1.68. The molecule has 0 aliphatic heterocycles. The van der Waals surface area contributed by atoms with Crippen LogP contribution in [0.5, 0.6) is 34.5 Å². The van der Waals surface area contributed by atoms with Crippen molar-refractivity contribution in [3.63, 3.8) is 0 Å². The van der Waals surface area contributed by atoms with Gasteiger partial charge in [-0.2, -0.15) is 0 Å². The highest BCUT2D eigenvalue weighted by atomic mass is 16.5. The lowest BCUT2D eigenvalue weighted by Gasteiger charge is -2.23. The van der Waals surface area contributed by atoms with Gasteiger partial charge in [-0.1, -0.05) is 116 Å². The van der Waals surface area contributed by atoms with Crippen molar-refractivity contribution in [1.29, 1.82) is 0 Å². The van der Waals surface area contributed by atoms with Crippen LogP contribution >= 0.6 is 0 Å². The largest absolute Gasteiger partial charge is 0.507 e. The fourth-order valence-corrected chi connectivity index (χ4v) is 6.83. The molecule has 0 unspecified atom stereocenters.